The third-order valence-corrected chi connectivity index (χ3v) is 3.65. The number of carbonyl (C=O) groups is 1. The summed E-state index contributed by atoms with van der Waals surface area (Å²) in [5.41, 5.74) is 1.19. The molecule has 0 aliphatic heterocycles. The van der Waals surface area contributed by atoms with Crippen molar-refractivity contribution in [2.45, 2.75) is 44.2 Å². The molecule has 4 heteroatoms. The maximum Gasteiger partial charge on any atom is 0.237 e. The summed E-state index contributed by atoms with van der Waals surface area (Å²) in [6, 6.07) is 10.4. The van der Waals surface area contributed by atoms with Crippen LogP contribution in [0.5, 0.6) is 0 Å². The highest BCUT2D eigenvalue weighted by Crippen LogP contribution is 2.17. The highest BCUT2D eigenvalue weighted by molar-refractivity contribution is 5.85. The molecule has 3 nitrogen and oxygen atoms in total. The number of carbonyl (C=O) groups excluding carboxylic acids is 1. The number of hydrogen-bond acceptors (Lipinski definition) is 2. The normalized spacial score (nSPS) is 16.7. The summed E-state index contributed by atoms with van der Waals surface area (Å²) in [7, 11) is 1.85. The molecule has 19 heavy (non-hydrogen) atoms. The van der Waals surface area contributed by atoms with Gasteiger partial charge in [0.05, 0.1) is 6.04 Å². The summed E-state index contributed by atoms with van der Waals surface area (Å²) in [6.07, 6.45) is 5.50. The van der Waals surface area contributed by atoms with E-state index >= 15 is 0 Å². The van der Waals surface area contributed by atoms with E-state index in [0.717, 1.165) is 19.3 Å². The second-order valence-corrected chi connectivity index (χ2v) is 5.02. The van der Waals surface area contributed by atoms with Crippen molar-refractivity contribution in [2.24, 2.45) is 0 Å². The van der Waals surface area contributed by atoms with Crippen LogP contribution in [0.3, 0.4) is 0 Å². The largest absolute Gasteiger partial charge is 0.352 e. The summed E-state index contributed by atoms with van der Waals surface area (Å²) in [6.45, 7) is 0. The van der Waals surface area contributed by atoms with Gasteiger partial charge >= 0.3 is 0 Å². The van der Waals surface area contributed by atoms with Crippen molar-refractivity contribution in [3.8, 4) is 0 Å². The lowest BCUT2D eigenvalue weighted by Crippen LogP contribution is -2.47. The number of rotatable bonds is 5. The van der Waals surface area contributed by atoms with Crippen molar-refractivity contribution in [3.63, 3.8) is 0 Å². The van der Waals surface area contributed by atoms with Gasteiger partial charge < -0.3 is 10.6 Å². The highest BCUT2D eigenvalue weighted by atomic mass is 35.5. The molecule has 0 radical (unpaired) electrons. The minimum absolute atomic E-state index is 0. The first kappa shape index (κ1) is 16.0. The number of nitrogens with one attached hydrogen (secondary N) is 2. The second-order valence-electron chi connectivity index (χ2n) is 5.02. The summed E-state index contributed by atoms with van der Waals surface area (Å²) in [5.74, 6) is 0.133. The monoisotopic (exact) mass is 282 g/mol. The van der Waals surface area contributed by atoms with E-state index < -0.39 is 0 Å². The fraction of sp³-hybridized carbons (Fsp3) is 0.533. The molecule has 0 aromatic heterocycles. The van der Waals surface area contributed by atoms with E-state index in [1.807, 2.05) is 25.2 Å². The molecule has 1 aliphatic carbocycles. The van der Waals surface area contributed by atoms with Crippen molar-refractivity contribution >= 4 is 18.3 Å². The van der Waals surface area contributed by atoms with Gasteiger partial charge in [-0.05, 0) is 31.9 Å². The summed E-state index contributed by atoms with van der Waals surface area (Å²) in [4.78, 5) is 12.2. The molecule has 1 aliphatic rings. The van der Waals surface area contributed by atoms with E-state index in [9.17, 15) is 4.79 Å². The third-order valence-electron chi connectivity index (χ3n) is 3.65. The molecule has 0 unspecified atom stereocenters. The smallest absolute Gasteiger partial charge is 0.237 e. The molecule has 1 atom stereocenters. The molecule has 1 aromatic carbocycles. The van der Waals surface area contributed by atoms with Gasteiger partial charge in [0.1, 0.15) is 0 Å². The van der Waals surface area contributed by atoms with Crippen molar-refractivity contribution < 1.29 is 4.79 Å². The van der Waals surface area contributed by atoms with Gasteiger partial charge in [-0.15, -0.1) is 12.4 Å². The van der Waals surface area contributed by atoms with Crippen molar-refractivity contribution in [1.29, 1.82) is 0 Å². The fourth-order valence-electron chi connectivity index (χ4n) is 2.55. The average molecular weight is 283 g/mol. The molecule has 0 saturated heterocycles. The molecule has 2 rings (SSSR count). The van der Waals surface area contributed by atoms with Crippen LogP contribution in [-0.2, 0) is 11.2 Å². The van der Waals surface area contributed by atoms with Crippen LogP contribution in [0.2, 0.25) is 0 Å². The van der Waals surface area contributed by atoms with Crippen LogP contribution in [0.15, 0.2) is 30.3 Å². The van der Waals surface area contributed by atoms with Crippen LogP contribution in [0, 0.1) is 0 Å². The maximum absolute atomic E-state index is 12.2. The Morgan fingerprint density at radius 1 is 1.26 bits per heavy atom. The topological polar surface area (TPSA) is 41.1 Å². The van der Waals surface area contributed by atoms with Gasteiger partial charge in [-0.25, -0.2) is 0 Å². The van der Waals surface area contributed by atoms with Gasteiger partial charge in [-0.1, -0.05) is 43.2 Å². The predicted octanol–water partition coefficient (Wildman–Crippen LogP) is 2.30. The van der Waals surface area contributed by atoms with Crippen LogP contribution in [0.25, 0.3) is 0 Å². The molecule has 106 valence electrons. The number of amides is 1. The summed E-state index contributed by atoms with van der Waals surface area (Å²) in [5, 5.41) is 6.26. The predicted molar refractivity (Wildman–Crippen MR) is 80.6 cm³/mol. The first-order valence-corrected chi connectivity index (χ1v) is 6.81. The van der Waals surface area contributed by atoms with E-state index in [1.165, 1.54) is 18.4 Å². The van der Waals surface area contributed by atoms with E-state index in [0.29, 0.717) is 6.04 Å². The Balaban J connectivity index is 0.00000180. The van der Waals surface area contributed by atoms with Gasteiger partial charge in [0.15, 0.2) is 0 Å². The van der Waals surface area contributed by atoms with Gasteiger partial charge in [0.2, 0.25) is 5.91 Å². The molecular formula is C15H23ClN2O. The molecule has 0 spiro atoms. The number of likely N-dealkylation sites (N-methyl/N-ethyl adjacent to an activating group) is 1. The number of benzene rings is 1. The fourth-order valence-corrected chi connectivity index (χ4v) is 2.55. The lowest BCUT2D eigenvalue weighted by Gasteiger charge is -2.19. The zero-order valence-electron chi connectivity index (χ0n) is 11.4. The van der Waals surface area contributed by atoms with Crippen LogP contribution in [0.1, 0.15) is 31.2 Å². The minimum atomic E-state index is -0.131. The molecule has 2 N–H and O–H groups in total. The SMILES string of the molecule is CN[C@@H](Cc1ccccc1)C(=O)NC1CCCC1.Cl. The van der Waals surface area contributed by atoms with Gasteiger partial charge in [0, 0.05) is 6.04 Å². The summed E-state index contributed by atoms with van der Waals surface area (Å²) >= 11 is 0. The van der Waals surface area contributed by atoms with E-state index in [-0.39, 0.29) is 24.4 Å². The summed E-state index contributed by atoms with van der Waals surface area (Å²) < 4.78 is 0. The molecule has 1 amide bonds. The quantitative estimate of drug-likeness (QED) is 0.870. The number of hydrogen-bond donors (Lipinski definition) is 2. The zero-order valence-corrected chi connectivity index (χ0v) is 12.2. The Bertz CT molecular complexity index is 377. The Morgan fingerprint density at radius 3 is 2.47 bits per heavy atom. The molecule has 1 fully saturated rings. The zero-order chi connectivity index (χ0) is 12.8. The van der Waals surface area contributed by atoms with Crippen LogP contribution in [0.4, 0.5) is 0 Å². The minimum Gasteiger partial charge on any atom is -0.352 e. The van der Waals surface area contributed by atoms with E-state index in [4.69, 9.17) is 0 Å². The van der Waals surface area contributed by atoms with Crippen LogP contribution < -0.4 is 10.6 Å². The van der Waals surface area contributed by atoms with Gasteiger partial charge in [0.25, 0.3) is 0 Å². The molecule has 0 heterocycles. The average Bonchev–Trinajstić information content (AvgIpc) is 2.90. The van der Waals surface area contributed by atoms with Crippen molar-refractivity contribution in [2.75, 3.05) is 7.05 Å². The first-order chi connectivity index (χ1) is 8.79. The standard InChI is InChI=1S/C15H22N2O.ClH/c1-16-14(11-12-7-3-2-4-8-12)15(18)17-13-9-5-6-10-13;/h2-4,7-8,13-14,16H,5-6,9-11H2,1H3,(H,17,18);1H/t14-;/m0./s1. The Labute approximate surface area is 121 Å². The van der Waals surface area contributed by atoms with Crippen molar-refractivity contribution in [3.05, 3.63) is 35.9 Å². The van der Waals surface area contributed by atoms with Crippen LogP contribution in [-0.4, -0.2) is 25.0 Å². The van der Waals surface area contributed by atoms with Crippen molar-refractivity contribution in [1.82, 2.24) is 10.6 Å². The highest BCUT2D eigenvalue weighted by Gasteiger charge is 2.22. The third kappa shape index (κ3) is 4.84. The van der Waals surface area contributed by atoms with Gasteiger partial charge in [-0.2, -0.15) is 0 Å². The van der Waals surface area contributed by atoms with Gasteiger partial charge in [-0.3, -0.25) is 4.79 Å². The second kappa shape index (κ2) is 8.18. The lowest BCUT2D eigenvalue weighted by molar-refractivity contribution is -0.123. The van der Waals surface area contributed by atoms with E-state index in [1.54, 1.807) is 0 Å². The Morgan fingerprint density at radius 2 is 1.89 bits per heavy atom. The maximum atomic E-state index is 12.2. The Kier molecular flexibility index (Phi) is 6.89. The molecule has 1 aromatic rings. The number of halogens is 1. The molecular weight excluding hydrogens is 260 g/mol. The lowest BCUT2D eigenvalue weighted by atomic mass is 10.1. The van der Waals surface area contributed by atoms with Crippen LogP contribution >= 0.6 is 12.4 Å². The first-order valence-electron chi connectivity index (χ1n) is 6.81. The van der Waals surface area contributed by atoms with E-state index in [2.05, 4.69) is 22.8 Å². The molecule has 0 bridgehead atoms. The molecule has 1 saturated carbocycles. The Hall–Kier alpha value is -1.06.